The summed E-state index contributed by atoms with van der Waals surface area (Å²) in [6.45, 7) is 2.04. The van der Waals surface area contributed by atoms with Crippen LogP contribution in [0.4, 0.5) is 0 Å². The molecule has 2 heterocycles. The maximum Gasteiger partial charge on any atom is 0.290 e. The highest BCUT2D eigenvalue weighted by Crippen LogP contribution is 2.13. The van der Waals surface area contributed by atoms with Crippen LogP contribution in [0, 0.1) is 5.21 Å². The molecule has 9 nitrogen and oxygen atoms in total. The number of benzene rings is 1. The number of nitrogens with one attached hydrogen (secondary N) is 2. The molecule has 2 N–H and O–H groups in total. The SMILES string of the molecule is CCn1nc(C(=O)NNC(=O)c2cc[n+]([O-])cc2)c2ccccc2c1=O. The molecule has 0 radical (unpaired) electrons. The molecule has 1 aromatic carbocycles. The minimum atomic E-state index is -0.661. The molecular formula is C17H15N5O4. The van der Waals surface area contributed by atoms with Gasteiger partial charge in [0.05, 0.1) is 10.9 Å². The molecule has 2 aromatic heterocycles. The Bertz CT molecular complexity index is 1040. The van der Waals surface area contributed by atoms with E-state index in [1.54, 1.807) is 31.2 Å². The predicted molar refractivity (Wildman–Crippen MR) is 92.0 cm³/mol. The number of aromatic nitrogens is 3. The van der Waals surface area contributed by atoms with Crippen LogP contribution in [0.25, 0.3) is 10.8 Å². The second kappa shape index (κ2) is 7.01. The smallest absolute Gasteiger partial charge is 0.290 e. The molecule has 3 aromatic rings. The van der Waals surface area contributed by atoms with E-state index in [9.17, 15) is 19.6 Å². The number of aryl methyl sites for hydroxylation is 1. The topological polar surface area (TPSA) is 120 Å². The van der Waals surface area contributed by atoms with Crippen LogP contribution in [0.5, 0.6) is 0 Å². The van der Waals surface area contributed by atoms with Crippen LogP contribution in [0.15, 0.2) is 53.6 Å². The van der Waals surface area contributed by atoms with Gasteiger partial charge in [0.1, 0.15) is 0 Å². The first-order chi connectivity index (χ1) is 12.5. The monoisotopic (exact) mass is 353 g/mol. The lowest BCUT2D eigenvalue weighted by atomic mass is 10.1. The van der Waals surface area contributed by atoms with Crippen LogP contribution >= 0.6 is 0 Å². The third-order valence-corrected chi connectivity index (χ3v) is 3.74. The van der Waals surface area contributed by atoms with E-state index in [4.69, 9.17) is 0 Å². The number of carbonyl (C=O) groups is 2. The molecule has 0 atom stereocenters. The third-order valence-electron chi connectivity index (χ3n) is 3.74. The van der Waals surface area contributed by atoms with Crippen LogP contribution < -0.4 is 21.1 Å². The van der Waals surface area contributed by atoms with Crippen LogP contribution in [-0.4, -0.2) is 21.6 Å². The molecule has 0 aliphatic heterocycles. The molecule has 0 unspecified atom stereocenters. The molecule has 2 amide bonds. The highest BCUT2D eigenvalue weighted by atomic mass is 16.5. The summed E-state index contributed by atoms with van der Waals surface area (Å²) in [7, 11) is 0. The van der Waals surface area contributed by atoms with E-state index >= 15 is 0 Å². The van der Waals surface area contributed by atoms with Gasteiger partial charge >= 0.3 is 0 Å². The van der Waals surface area contributed by atoms with E-state index in [1.165, 1.54) is 29.2 Å². The fourth-order valence-electron chi connectivity index (χ4n) is 2.43. The van der Waals surface area contributed by atoms with E-state index in [1.807, 2.05) is 0 Å². The van der Waals surface area contributed by atoms with Crippen molar-refractivity contribution in [1.82, 2.24) is 20.6 Å². The first-order valence-corrected chi connectivity index (χ1v) is 7.80. The second-order valence-electron chi connectivity index (χ2n) is 5.37. The van der Waals surface area contributed by atoms with Crippen molar-refractivity contribution in [1.29, 1.82) is 0 Å². The first kappa shape index (κ1) is 17.1. The Morgan fingerprint density at radius 3 is 2.35 bits per heavy atom. The highest BCUT2D eigenvalue weighted by molar-refractivity contribution is 6.05. The standard InChI is InChI=1S/C17H15N5O4/c1-2-22-17(25)13-6-4-3-5-12(13)14(20-22)16(24)19-18-15(23)11-7-9-21(26)10-8-11/h3-10H,2H2,1H3,(H,18,23)(H,19,24). The van der Waals surface area contributed by atoms with Crippen molar-refractivity contribution in [3.8, 4) is 0 Å². The fraction of sp³-hybridized carbons (Fsp3) is 0.118. The largest absolute Gasteiger partial charge is 0.619 e. The molecule has 132 valence electrons. The number of hydrogen-bond donors (Lipinski definition) is 2. The van der Waals surface area contributed by atoms with Gasteiger partial charge in [0.15, 0.2) is 18.1 Å². The normalized spacial score (nSPS) is 10.5. The Morgan fingerprint density at radius 2 is 1.69 bits per heavy atom. The van der Waals surface area contributed by atoms with Crippen molar-refractivity contribution in [2.45, 2.75) is 13.5 Å². The minimum Gasteiger partial charge on any atom is -0.619 e. The summed E-state index contributed by atoms with van der Waals surface area (Å²) in [5, 5.41) is 15.8. The summed E-state index contributed by atoms with van der Waals surface area (Å²) in [6, 6.07) is 9.26. The van der Waals surface area contributed by atoms with Crippen LogP contribution in [0.2, 0.25) is 0 Å². The summed E-state index contributed by atoms with van der Waals surface area (Å²) < 4.78 is 1.72. The molecular weight excluding hydrogens is 338 g/mol. The summed E-state index contributed by atoms with van der Waals surface area (Å²) in [4.78, 5) is 36.8. The summed E-state index contributed by atoms with van der Waals surface area (Å²) in [5.41, 5.74) is 4.46. The van der Waals surface area contributed by atoms with Crippen molar-refractivity contribution < 1.29 is 14.3 Å². The molecule has 0 aliphatic carbocycles. The Labute approximate surface area is 147 Å². The molecule has 0 fully saturated rings. The number of pyridine rings is 1. The number of hydrogen-bond acceptors (Lipinski definition) is 5. The Balaban J connectivity index is 1.86. The molecule has 26 heavy (non-hydrogen) atoms. The summed E-state index contributed by atoms with van der Waals surface area (Å²) >= 11 is 0. The molecule has 0 spiro atoms. The van der Waals surface area contributed by atoms with Crippen molar-refractivity contribution in [3.05, 3.63) is 75.6 Å². The number of carbonyl (C=O) groups excluding carboxylic acids is 2. The first-order valence-electron chi connectivity index (χ1n) is 7.80. The van der Waals surface area contributed by atoms with Gasteiger partial charge in [0, 0.05) is 24.1 Å². The second-order valence-corrected chi connectivity index (χ2v) is 5.37. The number of fused-ring (bicyclic) bond motifs is 1. The van der Waals surface area contributed by atoms with Gasteiger partial charge in [-0.05, 0) is 13.0 Å². The predicted octanol–water partition coefficient (Wildman–Crippen LogP) is 0.125. The van der Waals surface area contributed by atoms with Gasteiger partial charge in [-0.25, -0.2) is 4.68 Å². The fourth-order valence-corrected chi connectivity index (χ4v) is 2.43. The van der Waals surface area contributed by atoms with Crippen molar-refractivity contribution in [3.63, 3.8) is 0 Å². The quantitative estimate of drug-likeness (QED) is 0.394. The number of rotatable bonds is 3. The molecule has 0 aliphatic rings. The Morgan fingerprint density at radius 1 is 1.08 bits per heavy atom. The van der Waals surface area contributed by atoms with Crippen molar-refractivity contribution in [2.75, 3.05) is 0 Å². The maximum atomic E-state index is 12.5. The van der Waals surface area contributed by atoms with Crippen molar-refractivity contribution in [2.24, 2.45) is 0 Å². The number of hydrazine groups is 1. The molecule has 0 saturated heterocycles. The van der Waals surface area contributed by atoms with Gasteiger partial charge in [-0.2, -0.15) is 9.83 Å². The van der Waals surface area contributed by atoms with E-state index in [2.05, 4.69) is 16.0 Å². The summed E-state index contributed by atoms with van der Waals surface area (Å²) in [6.07, 6.45) is 2.34. The molecule has 0 bridgehead atoms. The lowest BCUT2D eigenvalue weighted by Gasteiger charge is -2.10. The van der Waals surface area contributed by atoms with Crippen LogP contribution in [-0.2, 0) is 6.54 Å². The van der Waals surface area contributed by atoms with Gasteiger partial charge in [-0.1, -0.05) is 18.2 Å². The van der Waals surface area contributed by atoms with E-state index in [0.717, 1.165) is 0 Å². The zero-order valence-electron chi connectivity index (χ0n) is 13.8. The van der Waals surface area contributed by atoms with Gasteiger partial charge in [0.2, 0.25) is 0 Å². The zero-order chi connectivity index (χ0) is 18.7. The van der Waals surface area contributed by atoms with E-state index in [-0.39, 0.29) is 16.8 Å². The maximum absolute atomic E-state index is 12.5. The van der Waals surface area contributed by atoms with E-state index < -0.39 is 11.8 Å². The van der Waals surface area contributed by atoms with Gasteiger partial charge in [-0.3, -0.25) is 25.2 Å². The molecule has 0 saturated carbocycles. The minimum absolute atomic E-state index is 0.0211. The average molecular weight is 353 g/mol. The van der Waals surface area contributed by atoms with E-state index in [0.29, 0.717) is 22.0 Å². The average Bonchev–Trinajstić information content (AvgIpc) is 2.67. The lowest BCUT2D eigenvalue weighted by Crippen LogP contribution is -2.43. The summed E-state index contributed by atoms with van der Waals surface area (Å²) in [5.74, 6) is -1.25. The zero-order valence-corrected chi connectivity index (χ0v) is 13.8. The Kier molecular flexibility index (Phi) is 4.61. The van der Waals surface area contributed by atoms with Gasteiger partial charge in [0.25, 0.3) is 17.4 Å². The van der Waals surface area contributed by atoms with Crippen LogP contribution in [0.1, 0.15) is 27.8 Å². The van der Waals surface area contributed by atoms with Crippen LogP contribution in [0.3, 0.4) is 0 Å². The van der Waals surface area contributed by atoms with Crippen molar-refractivity contribution >= 4 is 22.6 Å². The number of nitrogens with zero attached hydrogens (tertiary/aromatic N) is 3. The molecule has 9 heteroatoms. The number of amides is 2. The van der Waals surface area contributed by atoms with Gasteiger partial charge < -0.3 is 5.21 Å². The lowest BCUT2D eigenvalue weighted by molar-refractivity contribution is -0.605. The highest BCUT2D eigenvalue weighted by Gasteiger charge is 2.17. The van der Waals surface area contributed by atoms with Gasteiger partial charge in [-0.15, -0.1) is 0 Å². The third kappa shape index (κ3) is 3.22. The Hall–Kier alpha value is -3.75. The molecule has 3 rings (SSSR count).